The van der Waals surface area contributed by atoms with E-state index in [0.717, 1.165) is 28.4 Å². The molecule has 0 spiro atoms. The molecule has 0 radical (unpaired) electrons. The normalized spacial score (nSPS) is 12.8. The van der Waals surface area contributed by atoms with E-state index in [1.807, 2.05) is 18.2 Å². The second-order valence-corrected chi connectivity index (χ2v) is 14.7. The Hall–Kier alpha value is -6.84. The minimum Gasteiger partial charge on any atom is -0.356 e. The van der Waals surface area contributed by atoms with Crippen LogP contribution in [0.3, 0.4) is 0 Å². The van der Waals surface area contributed by atoms with Crippen LogP contribution < -0.4 is 10.2 Å². The van der Waals surface area contributed by atoms with Crippen molar-refractivity contribution < 1.29 is 0 Å². The number of aromatic nitrogens is 1. The maximum Gasteiger partial charge on any atom is 0.0541 e. The third kappa shape index (κ3) is 5.28. The number of benzene rings is 8. The van der Waals surface area contributed by atoms with E-state index in [4.69, 9.17) is 0 Å². The van der Waals surface area contributed by atoms with Gasteiger partial charge >= 0.3 is 0 Å². The van der Waals surface area contributed by atoms with Gasteiger partial charge in [0.15, 0.2) is 0 Å². The summed E-state index contributed by atoms with van der Waals surface area (Å²) >= 11 is 0. The second-order valence-electron chi connectivity index (χ2n) is 14.7. The summed E-state index contributed by atoms with van der Waals surface area (Å²) in [7, 11) is 0. The quantitative estimate of drug-likeness (QED) is 0.179. The van der Waals surface area contributed by atoms with E-state index in [0.29, 0.717) is 0 Å². The topological polar surface area (TPSA) is 20.2 Å². The number of rotatable bonds is 7. The molecule has 54 heavy (non-hydrogen) atoms. The van der Waals surface area contributed by atoms with Crippen LogP contribution in [0.1, 0.15) is 25.0 Å². The summed E-state index contributed by atoms with van der Waals surface area (Å²) in [6.45, 7) is 4.75. The predicted molar refractivity (Wildman–Crippen MR) is 228 cm³/mol. The molecule has 8 aromatic carbocycles. The van der Waals surface area contributed by atoms with Gasteiger partial charge in [0.05, 0.1) is 11.0 Å². The molecule has 0 saturated carbocycles. The number of nitrogens with one attached hydrogen (secondary N) is 1. The number of anilines is 5. The number of para-hydroxylation sites is 4. The van der Waals surface area contributed by atoms with Crippen molar-refractivity contribution in [2.24, 2.45) is 0 Å². The lowest BCUT2D eigenvalue weighted by Crippen LogP contribution is -2.17. The molecule has 0 amide bonds. The zero-order valence-corrected chi connectivity index (χ0v) is 30.4. The largest absolute Gasteiger partial charge is 0.356 e. The molecule has 0 fully saturated rings. The predicted octanol–water partition coefficient (Wildman–Crippen LogP) is 14.0. The molecule has 0 atom stereocenters. The van der Waals surface area contributed by atoms with E-state index in [1.165, 1.54) is 60.9 Å². The van der Waals surface area contributed by atoms with Gasteiger partial charge < -0.3 is 14.8 Å². The smallest absolute Gasteiger partial charge is 0.0541 e. The van der Waals surface area contributed by atoms with Gasteiger partial charge in [0.25, 0.3) is 0 Å². The molecule has 0 unspecified atom stereocenters. The molecule has 3 heteroatoms. The molecule has 0 aliphatic heterocycles. The Bertz CT molecular complexity index is 2760. The Morgan fingerprint density at radius 1 is 0.426 bits per heavy atom. The first-order valence-corrected chi connectivity index (χ1v) is 18.7. The highest BCUT2D eigenvalue weighted by molar-refractivity contribution is 6.09. The Kier molecular flexibility index (Phi) is 7.48. The SMILES string of the molecule is CC1(C)c2cc(N(c3ccccc3)c3cccc(-c4ccc(Nc5ccccc5)cc4)c3)ccc2-c2ccc(-n3c4ccccc4c4ccccc43)cc21. The number of hydrogen-bond acceptors (Lipinski definition) is 2. The van der Waals surface area contributed by atoms with Gasteiger partial charge in [-0.3, -0.25) is 0 Å². The summed E-state index contributed by atoms with van der Waals surface area (Å²) in [5, 5.41) is 6.06. The van der Waals surface area contributed by atoms with Crippen molar-refractivity contribution in [1.29, 1.82) is 0 Å². The van der Waals surface area contributed by atoms with Crippen molar-refractivity contribution in [2.75, 3.05) is 10.2 Å². The number of fused-ring (bicyclic) bond motifs is 6. The van der Waals surface area contributed by atoms with Crippen molar-refractivity contribution in [3.8, 4) is 27.9 Å². The number of nitrogens with zero attached hydrogens (tertiary/aromatic N) is 2. The van der Waals surface area contributed by atoms with Crippen molar-refractivity contribution >= 4 is 50.2 Å². The van der Waals surface area contributed by atoms with Crippen LogP contribution in [-0.4, -0.2) is 4.57 Å². The van der Waals surface area contributed by atoms with Crippen LogP contribution in [0, 0.1) is 0 Å². The third-order valence-corrected chi connectivity index (χ3v) is 11.1. The van der Waals surface area contributed by atoms with Crippen LogP contribution in [0.5, 0.6) is 0 Å². The summed E-state index contributed by atoms with van der Waals surface area (Å²) in [5.41, 5.74) is 16.6. The summed E-state index contributed by atoms with van der Waals surface area (Å²) in [6, 6.07) is 70.2. The first-order chi connectivity index (χ1) is 26.5. The summed E-state index contributed by atoms with van der Waals surface area (Å²) in [5.74, 6) is 0. The molecule has 3 nitrogen and oxygen atoms in total. The van der Waals surface area contributed by atoms with Gasteiger partial charge in [0.1, 0.15) is 0 Å². The molecular formula is C51H39N3. The average Bonchev–Trinajstić information content (AvgIpc) is 3.67. The highest BCUT2D eigenvalue weighted by Gasteiger charge is 2.36. The Labute approximate surface area is 316 Å². The van der Waals surface area contributed by atoms with Crippen LogP contribution >= 0.6 is 0 Å². The minimum atomic E-state index is -0.199. The van der Waals surface area contributed by atoms with Crippen molar-refractivity contribution in [3.63, 3.8) is 0 Å². The molecular weight excluding hydrogens is 655 g/mol. The first-order valence-electron chi connectivity index (χ1n) is 18.7. The molecule has 9 aromatic rings. The monoisotopic (exact) mass is 693 g/mol. The second kappa shape index (κ2) is 12.7. The maximum atomic E-state index is 3.50. The Morgan fingerprint density at radius 2 is 0.981 bits per heavy atom. The van der Waals surface area contributed by atoms with Crippen LogP contribution in [0.25, 0.3) is 49.7 Å². The van der Waals surface area contributed by atoms with E-state index in [9.17, 15) is 0 Å². The van der Waals surface area contributed by atoms with Gasteiger partial charge in [0, 0.05) is 50.3 Å². The molecule has 1 heterocycles. The zero-order chi connectivity index (χ0) is 36.2. The summed E-state index contributed by atoms with van der Waals surface area (Å²) in [4.78, 5) is 2.39. The van der Waals surface area contributed by atoms with Gasteiger partial charge in [-0.2, -0.15) is 0 Å². The summed E-state index contributed by atoms with van der Waals surface area (Å²) in [6.07, 6.45) is 0. The lowest BCUT2D eigenvalue weighted by molar-refractivity contribution is 0.660. The van der Waals surface area contributed by atoms with Crippen LogP contribution in [0.15, 0.2) is 194 Å². The number of hydrogen-bond donors (Lipinski definition) is 1. The lowest BCUT2D eigenvalue weighted by Gasteiger charge is -2.28. The van der Waals surface area contributed by atoms with Crippen molar-refractivity contribution in [3.05, 3.63) is 205 Å². The summed E-state index contributed by atoms with van der Waals surface area (Å²) < 4.78 is 2.42. The standard InChI is InChI=1S/C51H39N3/c1-51(2)47-33-41(28-30-43(47)44-31-29-42(34-48(44)51)54-49-22-11-9-20-45(49)46-21-10-12-23-50(46)54)53(39-17-7-4-8-18-39)40-19-13-14-36(32-40)35-24-26-38(27-25-35)52-37-15-5-3-6-16-37/h3-34,52H,1-2H3. The van der Waals surface area contributed by atoms with Gasteiger partial charge in [-0.1, -0.05) is 123 Å². The highest BCUT2D eigenvalue weighted by atomic mass is 15.1. The molecule has 1 aliphatic carbocycles. The highest BCUT2D eigenvalue weighted by Crippen LogP contribution is 2.51. The van der Waals surface area contributed by atoms with Crippen molar-refractivity contribution in [1.82, 2.24) is 4.57 Å². The Balaban J connectivity index is 1.03. The van der Waals surface area contributed by atoms with E-state index >= 15 is 0 Å². The van der Waals surface area contributed by atoms with Gasteiger partial charge in [-0.25, -0.2) is 0 Å². The fourth-order valence-corrected chi connectivity index (χ4v) is 8.48. The van der Waals surface area contributed by atoms with E-state index in [-0.39, 0.29) is 5.41 Å². The van der Waals surface area contributed by atoms with Crippen LogP contribution in [-0.2, 0) is 5.41 Å². The van der Waals surface area contributed by atoms with Crippen LogP contribution in [0.2, 0.25) is 0 Å². The molecule has 1 aromatic heterocycles. The minimum absolute atomic E-state index is 0.199. The molecule has 1 N–H and O–H groups in total. The van der Waals surface area contributed by atoms with E-state index < -0.39 is 0 Å². The molecule has 0 saturated heterocycles. The van der Waals surface area contributed by atoms with E-state index in [1.54, 1.807) is 0 Å². The first kappa shape index (κ1) is 31.9. The zero-order valence-electron chi connectivity index (χ0n) is 30.4. The molecule has 10 rings (SSSR count). The van der Waals surface area contributed by atoms with Crippen LogP contribution in [0.4, 0.5) is 28.4 Å². The van der Waals surface area contributed by atoms with Crippen molar-refractivity contribution in [2.45, 2.75) is 19.3 Å². The third-order valence-electron chi connectivity index (χ3n) is 11.1. The van der Waals surface area contributed by atoms with Gasteiger partial charge in [-0.05, 0) is 118 Å². The average molecular weight is 694 g/mol. The molecule has 1 aliphatic rings. The molecule has 0 bridgehead atoms. The van der Waals surface area contributed by atoms with E-state index in [2.05, 4.69) is 205 Å². The fourth-order valence-electron chi connectivity index (χ4n) is 8.48. The Morgan fingerprint density at radius 3 is 1.69 bits per heavy atom. The maximum absolute atomic E-state index is 3.50. The lowest BCUT2D eigenvalue weighted by atomic mass is 9.82. The van der Waals surface area contributed by atoms with Gasteiger partial charge in [-0.15, -0.1) is 0 Å². The fraction of sp³-hybridized carbons (Fsp3) is 0.0588. The van der Waals surface area contributed by atoms with Gasteiger partial charge in [0.2, 0.25) is 0 Å². The molecule has 258 valence electrons.